The van der Waals surface area contributed by atoms with Crippen LogP contribution in [0, 0.1) is 6.92 Å². The van der Waals surface area contributed by atoms with E-state index in [1.54, 1.807) is 11.3 Å². The van der Waals surface area contributed by atoms with Gasteiger partial charge in [0.15, 0.2) is 11.5 Å². The summed E-state index contributed by atoms with van der Waals surface area (Å²) in [7, 11) is 0. The lowest BCUT2D eigenvalue weighted by molar-refractivity contribution is 0.0392. The zero-order valence-corrected chi connectivity index (χ0v) is 12.2. The predicted molar refractivity (Wildman–Crippen MR) is 76.3 cm³/mol. The number of fused-ring (bicyclic) bond motifs is 1. The normalized spacial score (nSPS) is 19.3. The molecule has 0 bridgehead atoms. The van der Waals surface area contributed by atoms with Crippen LogP contribution in [0.1, 0.15) is 16.8 Å². The molecule has 3 aromatic rings. The van der Waals surface area contributed by atoms with Crippen molar-refractivity contribution >= 4 is 22.8 Å². The van der Waals surface area contributed by atoms with Gasteiger partial charge in [-0.25, -0.2) is 4.98 Å². The molecule has 0 amide bonds. The number of tetrazole rings is 1. The number of ether oxygens (including phenoxy) is 1. The summed E-state index contributed by atoms with van der Waals surface area (Å²) in [6.45, 7) is 4.17. The van der Waals surface area contributed by atoms with Crippen molar-refractivity contribution in [3.05, 3.63) is 28.2 Å². The number of aromatic nitrogens is 6. The van der Waals surface area contributed by atoms with Crippen LogP contribution < -0.4 is 4.90 Å². The molecule has 1 aliphatic rings. The lowest BCUT2D eigenvalue weighted by Gasteiger charge is -2.32. The average Bonchev–Trinajstić information content (AvgIpc) is 3.15. The molecule has 0 spiro atoms. The van der Waals surface area contributed by atoms with Crippen molar-refractivity contribution in [1.29, 1.82) is 0 Å². The topological polar surface area (TPSA) is 81.3 Å². The Morgan fingerprint density at radius 3 is 3.19 bits per heavy atom. The second kappa shape index (κ2) is 5.01. The third-order valence-electron chi connectivity index (χ3n) is 3.36. The van der Waals surface area contributed by atoms with E-state index >= 15 is 0 Å². The van der Waals surface area contributed by atoms with Crippen molar-refractivity contribution in [2.75, 3.05) is 24.6 Å². The predicted octanol–water partition coefficient (Wildman–Crippen LogP) is 0.862. The van der Waals surface area contributed by atoms with Crippen LogP contribution in [0.5, 0.6) is 0 Å². The van der Waals surface area contributed by atoms with E-state index in [0.717, 1.165) is 29.6 Å². The number of thiazole rings is 1. The molecule has 4 rings (SSSR count). The molecule has 0 N–H and O–H groups in total. The van der Waals surface area contributed by atoms with Crippen molar-refractivity contribution in [3.8, 4) is 0 Å². The number of aryl methyl sites for hydroxylation is 1. The third kappa shape index (κ3) is 2.34. The van der Waals surface area contributed by atoms with Crippen LogP contribution in [0.15, 0.2) is 17.5 Å². The Morgan fingerprint density at radius 2 is 2.33 bits per heavy atom. The molecule has 1 aliphatic heterocycles. The lowest BCUT2D eigenvalue weighted by Crippen LogP contribution is -2.39. The number of morpholine rings is 1. The maximum atomic E-state index is 5.83. The van der Waals surface area contributed by atoms with Crippen LogP contribution in [-0.4, -0.2) is 49.9 Å². The van der Waals surface area contributed by atoms with Crippen molar-refractivity contribution in [2.24, 2.45) is 0 Å². The molecule has 1 fully saturated rings. The van der Waals surface area contributed by atoms with E-state index in [4.69, 9.17) is 4.74 Å². The summed E-state index contributed by atoms with van der Waals surface area (Å²) in [5.41, 5.74) is 1.67. The molecule has 0 saturated carbocycles. The van der Waals surface area contributed by atoms with E-state index in [1.807, 2.05) is 24.4 Å². The van der Waals surface area contributed by atoms with Gasteiger partial charge < -0.3 is 9.64 Å². The Kier molecular flexibility index (Phi) is 3.00. The van der Waals surface area contributed by atoms with Crippen molar-refractivity contribution in [2.45, 2.75) is 13.0 Å². The Bertz CT molecular complexity index is 770. The summed E-state index contributed by atoms with van der Waals surface area (Å²) in [6, 6.07) is 3.79. The molecule has 9 heteroatoms. The highest BCUT2D eigenvalue weighted by Gasteiger charge is 2.25. The molecule has 0 aliphatic carbocycles. The maximum Gasteiger partial charge on any atom is 0.200 e. The van der Waals surface area contributed by atoms with Crippen LogP contribution in [0.25, 0.3) is 5.65 Å². The standard InChI is InChI=1S/C12H13N7OS/c1-8-7-21-12(13-8)9-6-18(4-5-20-9)11-3-2-10-14-16-17-19(10)15-11/h2-3,7,9H,4-6H2,1H3/t9-/m1/s1. The Morgan fingerprint density at radius 1 is 1.38 bits per heavy atom. The van der Waals surface area contributed by atoms with E-state index in [-0.39, 0.29) is 6.10 Å². The first-order valence-corrected chi connectivity index (χ1v) is 7.51. The zero-order valence-electron chi connectivity index (χ0n) is 11.4. The van der Waals surface area contributed by atoms with Crippen LogP contribution in [0.3, 0.4) is 0 Å². The SMILES string of the molecule is Cc1csc([C@H]2CN(c3ccc4nnnn4n3)CCO2)n1. The minimum atomic E-state index is -0.0104. The molecule has 4 heterocycles. The summed E-state index contributed by atoms with van der Waals surface area (Å²) >= 11 is 1.64. The third-order valence-corrected chi connectivity index (χ3v) is 4.41. The van der Waals surface area contributed by atoms with Crippen LogP contribution >= 0.6 is 11.3 Å². The van der Waals surface area contributed by atoms with Crippen molar-refractivity contribution in [1.82, 2.24) is 30.2 Å². The van der Waals surface area contributed by atoms with Gasteiger partial charge in [0.2, 0.25) is 0 Å². The van der Waals surface area contributed by atoms with Gasteiger partial charge in [-0.1, -0.05) is 0 Å². The van der Waals surface area contributed by atoms with E-state index in [0.29, 0.717) is 12.3 Å². The highest BCUT2D eigenvalue weighted by molar-refractivity contribution is 7.09. The molecular formula is C12H13N7OS. The van der Waals surface area contributed by atoms with E-state index in [9.17, 15) is 0 Å². The summed E-state index contributed by atoms with van der Waals surface area (Å²) in [6.07, 6.45) is -0.0104. The second-order valence-corrected chi connectivity index (χ2v) is 5.74. The maximum absolute atomic E-state index is 5.83. The molecule has 3 aromatic heterocycles. The Hall–Kier alpha value is -2.13. The number of hydrogen-bond donors (Lipinski definition) is 0. The minimum Gasteiger partial charge on any atom is -0.367 e. The molecule has 108 valence electrons. The number of anilines is 1. The number of nitrogens with zero attached hydrogens (tertiary/aromatic N) is 7. The molecule has 0 unspecified atom stereocenters. The van der Waals surface area contributed by atoms with Gasteiger partial charge in [-0.3, -0.25) is 0 Å². The van der Waals surface area contributed by atoms with Gasteiger partial charge in [-0.15, -0.1) is 26.2 Å². The van der Waals surface area contributed by atoms with Crippen molar-refractivity contribution < 1.29 is 4.74 Å². The quantitative estimate of drug-likeness (QED) is 0.694. The fraction of sp³-hybridized carbons (Fsp3) is 0.417. The smallest absolute Gasteiger partial charge is 0.200 e. The van der Waals surface area contributed by atoms with Crippen molar-refractivity contribution in [3.63, 3.8) is 0 Å². The van der Waals surface area contributed by atoms with Gasteiger partial charge in [0.1, 0.15) is 11.1 Å². The minimum absolute atomic E-state index is 0.0104. The fourth-order valence-electron chi connectivity index (χ4n) is 2.34. The van der Waals surface area contributed by atoms with Gasteiger partial charge in [0.25, 0.3) is 0 Å². The van der Waals surface area contributed by atoms with Gasteiger partial charge >= 0.3 is 0 Å². The summed E-state index contributed by atoms with van der Waals surface area (Å²) in [4.78, 5) is 6.69. The zero-order chi connectivity index (χ0) is 14.2. The highest BCUT2D eigenvalue weighted by Crippen LogP contribution is 2.27. The van der Waals surface area contributed by atoms with E-state index in [2.05, 4.69) is 30.5 Å². The molecule has 0 radical (unpaired) electrons. The molecule has 21 heavy (non-hydrogen) atoms. The molecule has 1 atom stereocenters. The first kappa shape index (κ1) is 12.6. The van der Waals surface area contributed by atoms with Gasteiger partial charge in [0.05, 0.1) is 13.2 Å². The van der Waals surface area contributed by atoms with E-state index in [1.165, 1.54) is 4.63 Å². The average molecular weight is 303 g/mol. The Balaban J connectivity index is 1.59. The first-order valence-electron chi connectivity index (χ1n) is 6.63. The van der Waals surface area contributed by atoms with Crippen LogP contribution in [-0.2, 0) is 4.74 Å². The second-order valence-electron chi connectivity index (χ2n) is 4.85. The number of hydrogen-bond acceptors (Lipinski definition) is 8. The molecule has 8 nitrogen and oxygen atoms in total. The molecular weight excluding hydrogens is 290 g/mol. The molecule has 0 aromatic carbocycles. The first-order chi connectivity index (χ1) is 10.3. The number of rotatable bonds is 2. The molecule has 1 saturated heterocycles. The van der Waals surface area contributed by atoms with E-state index < -0.39 is 0 Å². The summed E-state index contributed by atoms with van der Waals surface area (Å²) in [5, 5.41) is 18.8. The monoisotopic (exact) mass is 303 g/mol. The van der Waals surface area contributed by atoms with Gasteiger partial charge in [-0.05, 0) is 29.5 Å². The highest BCUT2D eigenvalue weighted by atomic mass is 32.1. The van der Waals surface area contributed by atoms with Crippen LogP contribution in [0.2, 0.25) is 0 Å². The summed E-state index contributed by atoms with van der Waals surface area (Å²) < 4.78 is 7.27. The Labute approximate surface area is 124 Å². The fourth-order valence-corrected chi connectivity index (χ4v) is 3.17. The largest absolute Gasteiger partial charge is 0.367 e. The van der Waals surface area contributed by atoms with Gasteiger partial charge in [0, 0.05) is 17.6 Å². The summed E-state index contributed by atoms with van der Waals surface area (Å²) in [5.74, 6) is 0.844. The van der Waals surface area contributed by atoms with Gasteiger partial charge in [-0.2, -0.15) is 0 Å². The lowest BCUT2D eigenvalue weighted by atomic mass is 10.2. The van der Waals surface area contributed by atoms with Crippen LogP contribution in [0.4, 0.5) is 5.82 Å².